The van der Waals surface area contributed by atoms with Crippen LogP contribution in [0.2, 0.25) is 0 Å². The normalized spacial score (nSPS) is 9.18. The predicted molar refractivity (Wildman–Crippen MR) is 47.9 cm³/mol. The van der Waals surface area contributed by atoms with Crippen LogP contribution in [0.4, 0.5) is 0 Å². The van der Waals surface area contributed by atoms with E-state index in [9.17, 15) is 0 Å². The van der Waals surface area contributed by atoms with E-state index in [2.05, 4.69) is 6.58 Å². The number of alkyl halides is 1. The third-order valence-corrected chi connectivity index (χ3v) is 1.45. The highest BCUT2D eigenvalue weighted by Gasteiger charge is 1.89. The van der Waals surface area contributed by atoms with Gasteiger partial charge in [-0.25, -0.2) is 0 Å². The Kier molecular flexibility index (Phi) is 2.99. The summed E-state index contributed by atoms with van der Waals surface area (Å²) in [6, 6.07) is 7.76. The van der Waals surface area contributed by atoms with E-state index in [-0.39, 0.29) is 6.07 Å². The van der Waals surface area contributed by atoms with Crippen molar-refractivity contribution >= 4 is 17.7 Å². The van der Waals surface area contributed by atoms with Crippen LogP contribution in [0, 0.1) is 0 Å². The van der Waals surface area contributed by atoms with Crippen molar-refractivity contribution in [2.24, 2.45) is 0 Å². The van der Waals surface area contributed by atoms with Gasteiger partial charge in [-0.3, -0.25) is 0 Å². The molecule has 1 nitrogen and oxygen atoms in total. The molecule has 2 heteroatoms. The van der Waals surface area contributed by atoms with Crippen LogP contribution in [-0.4, -0.2) is 6.07 Å². The van der Waals surface area contributed by atoms with Gasteiger partial charge in [0, 0.05) is 0 Å². The summed E-state index contributed by atoms with van der Waals surface area (Å²) in [6.45, 7) is 3.64. The molecular weight excluding hydrogens is 160 g/mol. The van der Waals surface area contributed by atoms with Crippen LogP contribution < -0.4 is 4.74 Å². The SMILES string of the molecule is C=Cc1ccc(OCCl)cc1. The van der Waals surface area contributed by atoms with E-state index in [4.69, 9.17) is 16.3 Å². The minimum Gasteiger partial charge on any atom is -0.478 e. The molecule has 0 saturated heterocycles. The summed E-state index contributed by atoms with van der Waals surface area (Å²) in [5, 5.41) is 0. The standard InChI is InChI=1S/C9H9ClO/c1-2-8-3-5-9(6-4-8)11-7-10/h2-6H,1,7H2. The van der Waals surface area contributed by atoms with Gasteiger partial charge >= 0.3 is 0 Å². The lowest BCUT2D eigenvalue weighted by Crippen LogP contribution is -1.87. The second-order valence-corrected chi connectivity index (χ2v) is 2.24. The van der Waals surface area contributed by atoms with Crippen LogP contribution in [0.1, 0.15) is 5.56 Å². The third kappa shape index (κ3) is 2.28. The molecule has 0 aromatic heterocycles. The van der Waals surface area contributed by atoms with Gasteiger partial charge in [0.2, 0.25) is 0 Å². The number of hydrogen-bond donors (Lipinski definition) is 0. The number of hydrogen-bond acceptors (Lipinski definition) is 1. The topological polar surface area (TPSA) is 9.23 Å². The lowest BCUT2D eigenvalue weighted by Gasteiger charge is -2.00. The molecule has 0 aliphatic heterocycles. The van der Waals surface area contributed by atoms with E-state index in [0.29, 0.717) is 0 Å². The average Bonchev–Trinajstić information content (AvgIpc) is 2.07. The minimum atomic E-state index is 0.188. The Morgan fingerprint density at radius 3 is 2.45 bits per heavy atom. The monoisotopic (exact) mass is 168 g/mol. The molecule has 0 unspecified atom stereocenters. The van der Waals surface area contributed by atoms with Crippen LogP contribution in [0.5, 0.6) is 5.75 Å². The zero-order chi connectivity index (χ0) is 8.10. The van der Waals surface area contributed by atoms with Gasteiger partial charge in [0.1, 0.15) is 5.75 Å². The van der Waals surface area contributed by atoms with Crippen LogP contribution in [0.3, 0.4) is 0 Å². The summed E-state index contributed by atoms with van der Waals surface area (Å²) in [5.74, 6) is 0.783. The molecular formula is C9H9ClO. The highest BCUT2D eigenvalue weighted by molar-refractivity contribution is 6.17. The molecule has 11 heavy (non-hydrogen) atoms. The van der Waals surface area contributed by atoms with Gasteiger partial charge in [-0.1, -0.05) is 36.4 Å². The first-order valence-corrected chi connectivity index (χ1v) is 3.81. The fourth-order valence-corrected chi connectivity index (χ4v) is 0.889. The molecule has 1 aromatic carbocycles. The summed E-state index contributed by atoms with van der Waals surface area (Å²) < 4.78 is 5.04. The van der Waals surface area contributed by atoms with Crippen LogP contribution in [0.15, 0.2) is 30.8 Å². The van der Waals surface area contributed by atoms with Crippen LogP contribution in [-0.2, 0) is 0 Å². The number of rotatable bonds is 3. The van der Waals surface area contributed by atoms with Gasteiger partial charge in [-0.05, 0) is 17.7 Å². The van der Waals surface area contributed by atoms with E-state index in [1.54, 1.807) is 6.08 Å². The average molecular weight is 169 g/mol. The van der Waals surface area contributed by atoms with Crippen molar-refractivity contribution < 1.29 is 4.74 Å². The lowest BCUT2D eigenvalue weighted by atomic mass is 10.2. The Bertz CT molecular complexity index is 228. The number of benzene rings is 1. The van der Waals surface area contributed by atoms with E-state index in [1.165, 1.54) is 0 Å². The van der Waals surface area contributed by atoms with Crippen molar-refractivity contribution in [3.63, 3.8) is 0 Å². The third-order valence-electron chi connectivity index (χ3n) is 1.34. The molecule has 58 valence electrons. The molecule has 0 atom stereocenters. The minimum absolute atomic E-state index is 0.188. The van der Waals surface area contributed by atoms with Crippen molar-refractivity contribution in [3.05, 3.63) is 36.4 Å². The summed E-state index contributed by atoms with van der Waals surface area (Å²) in [7, 11) is 0. The summed E-state index contributed by atoms with van der Waals surface area (Å²) in [6.07, 6.45) is 1.78. The summed E-state index contributed by atoms with van der Waals surface area (Å²) in [5.41, 5.74) is 1.08. The highest BCUT2D eigenvalue weighted by Crippen LogP contribution is 2.12. The quantitative estimate of drug-likeness (QED) is 0.631. The molecule has 0 saturated carbocycles. The maximum Gasteiger partial charge on any atom is 0.162 e. The molecule has 0 fully saturated rings. The first-order chi connectivity index (χ1) is 5.36. The Labute approximate surface area is 71.3 Å². The van der Waals surface area contributed by atoms with Gasteiger partial charge in [0.15, 0.2) is 6.07 Å². The lowest BCUT2D eigenvalue weighted by molar-refractivity contribution is 0.388. The molecule has 0 aliphatic carbocycles. The van der Waals surface area contributed by atoms with E-state index in [0.717, 1.165) is 11.3 Å². The molecule has 0 heterocycles. The Balaban J connectivity index is 2.74. The molecule has 0 bridgehead atoms. The second-order valence-electron chi connectivity index (χ2n) is 2.03. The van der Waals surface area contributed by atoms with Crippen molar-refractivity contribution in [2.45, 2.75) is 0 Å². The Hall–Kier alpha value is -0.950. The fraction of sp³-hybridized carbons (Fsp3) is 0.111. The zero-order valence-electron chi connectivity index (χ0n) is 6.09. The Morgan fingerprint density at radius 2 is 2.00 bits per heavy atom. The first kappa shape index (κ1) is 8.15. The molecule has 1 rings (SSSR count). The largest absolute Gasteiger partial charge is 0.478 e. The maximum atomic E-state index is 5.37. The second kappa shape index (κ2) is 4.04. The molecule has 0 radical (unpaired) electrons. The van der Waals surface area contributed by atoms with Crippen molar-refractivity contribution in [1.82, 2.24) is 0 Å². The van der Waals surface area contributed by atoms with Gasteiger partial charge < -0.3 is 4.74 Å². The molecule has 0 amide bonds. The van der Waals surface area contributed by atoms with Crippen molar-refractivity contribution in [3.8, 4) is 5.75 Å². The van der Waals surface area contributed by atoms with Crippen LogP contribution >= 0.6 is 11.6 Å². The van der Waals surface area contributed by atoms with Crippen molar-refractivity contribution in [2.75, 3.05) is 6.07 Å². The summed E-state index contributed by atoms with van der Waals surface area (Å²) >= 11 is 5.37. The molecule has 0 spiro atoms. The van der Waals surface area contributed by atoms with E-state index >= 15 is 0 Å². The Morgan fingerprint density at radius 1 is 1.36 bits per heavy atom. The molecule has 1 aromatic rings. The predicted octanol–water partition coefficient (Wildman–Crippen LogP) is 2.90. The van der Waals surface area contributed by atoms with Gasteiger partial charge in [0.25, 0.3) is 0 Å². The molecule has 0 aliphatic rings. The first-order valence-electron chi connectivity index (χ1n) is 3.28. The fourth-order valence-electron chi connectivity index (χ4n) is 0.763. The summed E-state index contributed by atoms with van der Waals surface area (Å²) in [4.78, 5) is 0. The molecule has 0 N–H and O–H groups in total. The maximum absolute atomic E-state index is 5.37. The van der Waals surface area contributed by atoms with E-state index in [1.807, 2.05) is 24.3 Å². The number of ether oxygens (including phenoxy) is 1. The van der Waals surface area contributed by atoms with Gasteiger partial charge in [0.05, 0.1) is 0 Å². The zero-order valence-corrected chi connectivity index (χ0v) is 6.84. The van der Waals surface area contributed by atoms with Gasteiger partial charge in [-0.15, -0.1) is 0 Å². The van der Waals surface area contributed by atoms with E-state index < -0.39 is 0 Å². The van der Waals surface area contributed by atoms with Gasteiger partial charge in [-0.2, -0.15) is 0 Å². The van der Waals surface area contributed by atoms with Crippen molar-refractivity contribution in [1.29, 1.82) is 0 Å². The smallest absolute Gasteiger partial charge is 0.162 e. The number of halogens is 1. The van der Waals surface area contributed by atoms with Crippen LogP contribution in [0.25, 0.3) is 6.08 Å². The highest BCUT2D eigenvalue weighted by atomic mass is 35.5.